The number of rotatable bonds is 2. The van der Waals surface area contributed by atoms with E-state index in [1.165, 1.54) is 0 Å². The van der Waals surface area contributed by atoms with Crippen LogP contribution in [0.4, 0.5) is 0 Å². The third kappa shape index (κ3) is 1.74. The van der Waals surface area contributed by atoms with Gasteiger partial charge in [0.05, 0.1) is 5.88 Å². The first-order valence-electron chi connectivity index (χ1n) is 4.38. The number of amides is 1. The largest absolute Gasteiger partial charge is 0.340 e. The van der Waals surface area contributed by atoms with Crippen LogP contribution in [0.3, 0.4) is 0 Å². The summed E-state index contributed by atoms with van der Waals surface area (Å²) >= 11 is 5.57. The van der Waals surface area contributed by atoms with E-state index in [4.69, 9.17) is 16.3 Å². The molecular weight excluding hydrogens is 202 g/mol. The fraction of sp³-hybridized carbons (Fsp3) is 0.300. The summed E-state index contributed by atoms with van der Waals surface area (Å²) in [7, 11) is 0. The zero-order valence-corrected chi connectivity index (χ0v) is 8.20. The molecule has 0 radical (unpaired) electrons. The van der Waals surface area contributed by atoms with Crippen molar-refractivity contribution in [1.29, 1.82) is 0 Å². The average molecular weight is 212 g/mol. The molecule has 0 saturated carbocycles. The summed E-state index contributed by atoms with van der Waals surface area (Å²) in [5, 5.41) is 2.73. The molecule has 1 aliphatic heterocycles. The van der Waals surface area contributed by atoms with Gasteiger partial charge >= 0.3 is 0 Å². The number of carbonyl (C=O) groups is 1. The highest BCUT2D eigenvalue weighted by molar-refractivity contribution is 6.19. The molecule has 1 N–H and O–H groups in total. The Morgan fingerprint density at radius 3 is 2.64 bits per heavy atom. The van der Waals surface area contributed by atoms with Crippen molar-refractivity contribution in [3.05, 3.63) is 35.9 Å². The van der Waals surface area contributed by atoms with E-state index in [-0.39, 0.29) is 18.0 Å². The number of benzene rings is 1. The van der Waals surface area contributed by atoms with E-state index in [0.29, 0.717) is 0 Å². The molecule has 3 nitrogen and oxygen atoms in total. The maximum absolute atomic E-state index is 11.3. The van der Waals surface area contributed by atoms with Crippen LogP contribution in [0.2, 0.25) is 0 Å². The van der Waals surface area contributed by atoms with Crippen LogP contribution < -0.4 is 5.32 Å². The Bertz CT molecular complexity index is 328. The topological polar surface area (TPSA) is 38.3 Å². The van der Waals surface area contributed by atoms with Gasteiger partial charge in [-0.05, 0) is 0 Å². The van der Waals surface area contributed by atoms with Gasteiger partial charge in [0.25, 0.3) is 5.91 Å². The number of alkyl halides is 1. The van der Waals surface area contributed by atoms with Gasteiger partial charge < -0.3 is 10.1 Å². The first kappa shape index (κ1) is 9.49. The van der Waals surface area contributed by atoms with Gasteiger partial charge in [-0.1, -0.05) is 30.3 Å². The van der Waals surface area contributed by atoms with Crippen LogP contribution in [0, 0.1) is 0 Å². The molecule has 0 spiro atoms. The van der Waals surface area contributed by atoms with Gasteiger partial charge in [0.15, 0.2) is 12.3 Å². The van der Waals surface area contributed by atoms with Crippen LogP contribution in [-0.2, 0) is 9.53 Å². The summed E-state index contributed by atoms with van der Waals surface area (Å²) in [6, 6.07) is 9.53. The molecule has 1 aromatic carbocycles. The Labute approximate surface area is 87.0 Å². The second kappa shape index (κ2) is 3.98. The molecule has 4 heteroatoms. The summed E-state index contributed by atoms with van der Waals surface area (Å²) in [6.45, 7) is 0. The van der Waals surface area contributed by atoms with Crippen molar-refractivity contribution in [1.82, 2.24) is 5.32 Å². The minimum absolute atomic E-state index is 0.145. The molecule has 1 saturated heterocycles. The second-order valence-corrected chi connectivity index (χ2v) is 3.39. The van der Waals surface area contributed by atoms with Gasteiger partial charge in [-0.25, -0.2) is 0 Å². The van der Waals surface area contributed by atoms with Gasteiger partial charge in [0.2, 0.25) is 0 Å². The lowest BCUT2D eigenvalue weighted by molar-refractivity contribution is -0.122. The van der Waals surface area contributed by atoms with Crippen molar-refractivity contribution in [2.45, 2.75) is 12.3 Å². The molecule has 1 heterocycles. The van der Waals surface area contributed by atoms with Crippen molar-refractivity contribution < 1.29 is 9.53 Å². The SMILES string of the molecule is O=C1NC(c2ccccc2)OC1CCl. The summed E-state index contributed by atoms with van der Waals surface area (Å²) < 4.78 is 5.42. The Hall–Kier alpha value is -1.06. The quantitative estimate of drug-likeness (QED) is 0.752. The highest BCUT2D eigenvalue weighted by atomic mass is 35.5. The van der Waals surface area contributed by atoms with Crippen LogP contribution in [0.15, 0.2) is 30.3 Å². The third-order valence-electron chi connectivity index (χ3n) is 2.11. The number of hydrogen-bond acceptors (Lipinski definition) is 2. The Morgan fingerprint density at radius 2 is 2.07 bits per heavy atom. The standard InChI is InChI=1S/C10H10ClNO2/c11-6-8-9(13)12-10(14-8)7-4-2-1-3-5-7/h1-5,8,10H,6H2,(H,12,13). The molecule has 1 aromatic rings. The minimum Gasteiger partial charge on any atom is -0.340 e. The van der Waals surface area contributed by atoms with Crippen LogP contribution in [-0.4, -0.2) is 17.9 Å². The molecule has 0 aromatic heterocycles. The minimum atomic E-state index is -0.526. The van der Waals surface area contributed by atoms with Crippen LogP contribution >= 0.6 is 11.6 Å². The summed E-state index contributed by atoms with van der Waals surface area (Å²) in [6.07, 6.45) is -0.880. The molecule has 2 unspecified atom stereocenters. The van der Waals surface area contributed by atoms with E-state index in [1.54, 1.807) is 0 Å². The molecule has 2 atom stereocenters. The van der Waals surface area contributed by atoms with Gasteiger partial charge in [0.1, 0.15) is 0 Å². The predicted octanol–water partition coefficient (Wildman–Crippen LogP) is 1.44. The Morgan fingerprint density at radius 1 is 1.36 bits per heavy atom. The summed E-state index contributed by atoms with van der Waals surface area (Å²) in [5.74, 6) is 0.0451. The number of hydrogen-bond donors (Lipinski definition) is 1. The summed E-state index contributed by atoms with van der Waals surface area (Å²) in [4.78, 5) is 11.3. The van der Waals surface area contributed by atoms with Crippen LogP contribution in [0.5, 0.6) is 0 Å². The van der Waals surface area contributed by atoms with E-state index in [1.807, 2.05) is 30.3 Å². The number of ether oxygens (including phenoxy) is 1. The molecule has 0 bridgehead atoms. The number of nitrogens with one attached hydrogen (secondary N) is 1. The van der Waals surface area contributed by atoms with Gasteiger partial charge in [-0.15, -0.1) is 11.6 Å². The Kier molecular flexibility index (Phi) is 2.70. The van der Waals surface area contributed by atoms with E-state index < -0.39 is 6.10 Å². The average Bonchev–Trinajstić information content (AvgIpc) is 2.61. The first-order valence-corrected chi connectivity index (χ1v) is 4.91. The van der Waals surface area contributed by atoms with Crippen LogP contribution in [0.1, 0.15) is 11.8 Å². The molecule has 14 heavy (non-hydrogen) atoms. The summed E-state index contributed by atoms with van der Waals surface area (Å²) in [5.41, 5.74) is 0.938. The van der Waals surface area contributed by atoms with E-state index in [2.05, 4.69) is 5.32 Å². The van der Waals surface area contributed by atoms with E-state index >= 15 is 0 Å². The molecule has 74 valence electrons. The molecule has 2 rings (SSSR count). The van der Waals surface area contributed by atoms with Gasteiger partial charge in [-0.2, -0.15) is 0 Å². The van der Waals surface area contributed by atoms with E-state index in [9.17, 15) is 4.79 Å². The maximum atomic E-state index is 11.3. The van der Waals surface area contributed by atoms with Crippen molar-refractivity contribution in [3.63, 3.8) is 0 Å². The van der Waals surface area contributed by atoms with Gasteiger partial charge in [-0.3, -0.25) is 4.79 Å². The number of halogens is 1. The van der Waals surface area contributed by atoms with Crippen molar-refractivity contribution >= 4 is 17.5 Å². The van der Waals surface area contributed by atoms with Crippen molar-refractivity contribution in [2.24, 2.45) is 0 Å². The number of carbonyl (C=O) groups excluding carboxylic acids is 1. The first-order chi connectivity index (χ1) is 6.81. The fourth-order valence-corrected chi connectivity index (χ4v) is 1.59. The highest BCUT2D eigenvalue weighted by Gasteiger charge is 2.32. The normalized spacial score (nSPS) is 26.2. The van der Waals surface area contributed by atoms with E-state index in [0.717, 1.165) is 5.56 Å². The lowest BCUT2D eigenvalue weighted by Crippen LogP contribution is -2.25. The lowest BCUT2D eigenvalue weighted by atomic mass is 10.2. The molecule has 0 aliphatic carbocycles. The van der Waals surface area contributed by atoms with Crippen molar-refractivity contribution in [2.75, 3.05) is 5.88 Å². The molecule has 1 amide bonds. The lowest BCUT2D eigenvalue weighted by Gasteiger charge is -2.09. The maximum Gasteiger partial charge on any atom is 0.252 e. The smallest absolute Gasteiger partial charge is 0.252 e. The molecular formula is C10H10ClNO2. The zero-order valence-electron chi connectivity index (χ0n) is 7.44. The van der Waals surface area contributed by atoms with Crippen LogP contribution in [0.25, 0.3) is 0 Å². The third-order valence-corrected chi connectivity index (χ3v) is 2.39. The highest BCUT2D eigenvalue weighted by Crippen LogP contribution is 2.22. The predicted molar refractivity (Wildman–Crippen MR) is 52.9 cm³/mol. The van der Waals surface area contributed by atoms with Crippen molar-refractivity contribution in [3.8, 4) is 0 Å². The molecule has 1 aliphatic rings. The second-order valence-electron chi connectivity index (χ2n) is 3.08. The van der Waals surface area contributed by atoms with Gasteiger partial charge in [0, 0.05) is 5.56 Å². The monoisotopic (exact) mass is 211 g/mol. The molecule has 1 fully saturated rings. The Balaban J connectivity index is 2.13. The fourth-order valence-electron chi connectivity index (χ4n) is 1.38. The zero-order chi connectivity index (χ0) is 9.97.